The highest BCUT2D eigenvalue weighted by atomic mass is 16.5. The van der Waals surface area contributed by atoms with Crippen LogP contribution in [0.2, 0.25) is 0 Å². The van der Waals surface area contributed by atoms with Crippen molar-refractivity contribution in [2.24, 2.45) is 5.92 Å². The van der Waals surface area contributed by atoms with E-state index in [0.717, 1.165) is 18.8 Å². The van der Waals surface area contributed by atoms with Crippen molar-refractivity contribution in [1.82, 2.24) is 0 Å². The van der Waals surface area contributed by atoms with Crippen LogP contribution in [0.25, 0.3) is 0 Å². The minimum absolute atomic E-state index is 0.131. The lowest BCUT2D eigenvalue weighted by Gasteiger charge is -2.28. The van der Waals surface area contributed by atoms with E-state index in [9.17, 15) is 9.90 Å². The highest BCUT2D eigenvalue weighted by Crippen LogP contribution is 2.31. The molecule has 0 aromatic heterocycles. The van der Waals surface area contributed by atoms with Gasteiger partial charge in [0.15, 0.2) is 0 Å². The molecule has 0 radical (unpaired) electrons. The summed E-state index contributed by atoms with van der Waals surface area (Å²) in [6, 6.07) is 4.52. The van der Waals surface area contributed by atoms with Crippen molar-refractivity contribution in [3.8, 4) is 0 Å². The van der Waals surface area contributed by atoms with Gasteiger partial charge in [0.25, 0.3) is 0 Å². The van der Waals surface area contributed by atoms with E-state index in [1.54, 1.807) is 0 Å². The Balaban J connectivity index is 1.72. The number of benzene rings is 1. The van der Waals surface area contributed by atoms with Gasteiger partial charge >= 0.3 is 5.97 Å². The van der Waals surface area contributed by atoms with E-state index in [-0.39, 0.29) is 18.5 Å². The molecule has 0 spiro atoms. The van der Waals surface area contributed by atoms with E-state index in [4.69, 9.17) is 4.74 Å². The van der Waals surface area contributed by atoms with Crippen LogP contribution >= 0.6 is 0 Å². The van der Waals surface area contributed by atoms with Gasteiger partial charge in [-0.05, 0) is 67.2 Å². The molecule has 1 aromatic rings. The minimum Gasteiger partial charge on any atom is -0.462 e. The maximum atomic E-state index is 11.4. The monoisotopic (exact) mass is 302 g/mol. The molecule has 1 heterocycles. The van der Waals surface area contributed by atoms with Crippen molar-refractivity contribution < 1.29 is 14.6 Å². The average molecular weight is 302 g/mol. The van der Waals surface area contributed by atoms with E-state index < -0.39 is 6.10 Å². The van der Waals surface area contributed by atoms with Gasteiger partial charge in [-0.3, -0.25) is 4.79 Å². The Morgan fingerprint density at radius 2 is 2.14 bits per heavy atom. The first-order chi connectivity index (χ1) is 10.5. The van der Waals surface area contributed by atoms with Gasteiger partial charge in [-0.2, -0.15) is 0 Å². The molecule has 3 unspecified atom stereocenters. The zero-order chi connectivity index (χ0) is 15.7. The van der Waals surface area contributed by atoms with Crippen molar-refractivity contribution >= 4 is 5.97 Å². The fourth-order valence-corrected chi connectivity index (χ4v) is 3.92. The van der Waals surface area contributed by atoms with E-state index >= 15 is 0 Å². The zero-order valence-corrected chi connectivity index (χ0v) is 13.6. The quantitative estimate of drug-likeness (QED) is 0.873. The van der Waals surface area contributed by atoms with Crippen molar-refractivity contribution in [1.29, 1.82) is 0 Å². The average Bonchev–Trinajstić information content (AvgIpc) is 2.45. The largest absolute Gasteiger partial charge is 0.462 e. The van der Waals surface area contributed by atoms with Crippen LogP contribution in [0.1, 0.15) is 54.9 Å². The molecule has 3 nitrogen and oxygen atoms in total. The summed E-state index contributed by atoms with van der Waals surface area (Å²) >= 11 is 0. The predicted molar refractivity (Wildman–Crippen MR) is 85.8 cm³/mol. The maximum Gasteiger partial charge on any atom is 0.308 e. The summed E-state index contributed by atoms with van der Waals surface area (Å²) in [7, 11) is 0. The molecular formula is C19H26O3. The summed E-state index contributed by atoms with van der Waals surface area (Å²) in [6.45, 7) is 4.50. The summed E-state index contributed by atoms with van der Waals surface area (Å²) in [5, 5.41) is 9.72. The van der Waals surface area contributed by atoms with Crippen LogP contribution in [0.15, 0.2) is 12.1 Å². The topological polar surface area (TPSA) is 46.5 Å². The lowest BCUT2D eigenvalue weighted by Crippen LogP contribution is -2.33. The lowest BCUT2D eigenvalue weighted by atomic mass is 9.80. The smallest absolute Gasteiger partial charge is 0.308 e. The summed E-state index contributed by atoms with van der Waals surface area (Å²) < 4.78 is 5.38. The normalized spacial score (nSPS) is 28.1. The molecule has 0 amide bonds. The number of hydrogen-bond donors (Lipinski definition) is 1. The van der Waals surface area contributed by atoms with Crippen molar-refractivity contribution in [3.05, 3.63) is 34.4 Å². The Bertz CT molecular complexity index is 564. The van der Waals surface area contributed by atoms with Crippen molar-refractivity contribution in [3.63, 3.8) is 0 Å². The first kappa shape index (κ1) is 15.5. The number of cyclic esters (lactones) is 1. The molecule has 1 fully saturated rings. The Kier molecular flexibility index (Phi) is 4.53. The van der Waals surface area contributed by atoms with Gasteiger partial charge in [-0.15, -0.1) is 0 Å². The maximum absolute atomic E-state index is 11.4. The molecule has 1 N–H and O–H groups in total. The molecule has 0 bridgehead atoms. The van der Waals surface area contributed by atoms with Gasteiger partial charge in [0.1, 0.15) is 6.10 Å². The molecule has 120 valence electrons. The third kappa shape index (κ3) is 3.35. The van der Waals surface area contributed by atoms with Crippen LogP contribution in [0.5, 0.6) is 0 Å². The fourth-order valence-electron chi connectivity index (χ4n) is 3.92. The molecule has 1 saturated heterocycles. The van der Waals surface area contributed by atoms with Gasteiger partial charge in [-0.1, -0.05) is 19.1 Å². The molecule has 3 heteroatoms. The molecule has 1 aromatic carbocycles. The van der Waals surface area contributed by atoms with Gasteiger partial charge in [0.05, 0.1) is 12.5 Å². The predicted octanol–water partition coefficient (Wildman–Crippen LogP) is 3.12. The Labute approximate surface area is 132 Å². The highest BCUT2D eigenvalue weighted by molar-refractivity contribution is 5.70. The summed E-state index contributed by atoms with van der Waals surface area (Å²) in [4.78, 5) is 11.4. The molecule has 1 aliphatic heterocycles. The van der Waals surface area contributed by atoms with Crippen LogP contribution in [0, 0.1) is 12.8 Å². The van der Waals surface area contributed by atoms with Gasteiger partial charge in [0.2, 0.25) is 0 Å². The van der Waals surface area contributed by atoms with Crippen LogP contribution in [-0.2, 0) is 28.8 Å². The van der Waals surface area contributed by atoms with E-state index in [0.29, 0.717) is 6.42 Å². The second-order valence-corrected chi connectivity index (χ2v) is 7.09. The van der Waals surface area contributed by atoms with Crippen LogP contribution in [0.3, 0.4) is 0 Å². The second-order valence-electron chi connectivity index (χ2n) is 7.09. The van der Waals surface area contributed by atoms with Gasteiger partial charge in [0, 0.05) is 6.42 Å². The summed E-state index contributed by atoms with van der Waals surface area (Å²) in [5.74, 6) is 0.516. The number of carbonyl (C=O) groups excluding carboxylic acids is 1. The van der Waals surface area contributed by atoms with Crippen LogP contribution in [-0.4, -0.2) is 23.3 Å². The number of esters is 1. The van der Waals surface area contributed by atoms with E-state index in [1.807, 2.05) is 0 Å². The fraction of sp³-hybridized carbons (Fsp3) is 0.632. The minimum atomic E-state index is -0.530. The SMILES string of the molecule is Cc1ccc2c(c1CCC1CC(O)CC(=O)O1)CCC(C)C2. The number of rotatable bonds is 3. The number of carbonyl (C=O) groups is 1. The number of hydrogen-bond acceptors (Lipinski definition) is 3. The Morgan fingerprint density at radius 3 is 2.91 bits per heavy atom. The second kappa shape index (κ2) is 6.41. The van der Waals surface area contributed by atoms with Gasteiger partial charge in [-0.25, -0.2) is 0 Å². The molecule has 1 aliphatic carbocycles. The number of ether oxygens (including phenoxy) is 1. The summed E-state index contributed by atoms with van der Waals surface area (Å²) in [6.07, 6.45) is 5.43. The molecule has 0 saturated carbocycles. The Hall–Kier alpha value is -1.35. The Morgan fingerprint density at radius 1 is 1.32 bits per heavy atom. The first-order valence-electron chi connectivity index (χ1n) is 8.50. The van der Waals surface area contributed by atoms with Crippen LogP contribution < -0.4 is 0 Å². The molecule has 2 aliphatic rings. The standard InChI is InChI=1S/C19H26O3/c1-12-3-7-18-14(9-12)5-4-13(2)17(18)8-6-16-10-15(20)11-19(21)22-16/h4-5,12,15-16,20H,3,6-11H2,1-2H3. The molecular weight excluding hydrogens is 276 g/mol. The van der Waals surface area contributed by atoms with Crippen molar-refractivity contribution in [2.45, 2.75) is 71.0 Å². The molecule has 3 atom stereocenters. The third-order valence-electron chi connectivity index (χ3n) is 5.17. The number of aliphatic hydroxyl groups is 1. The van der Waals surface area contributed by atoms with Gasteiger partial charge < -0.3 is 9.84 Å². The molecule has 22 heavy (non-hydrogen) atoms. The van der Waals surface area contributed by atoms with Crippen molar-refractivity contribution in [2.75, 3.05) is 0 Å². The summed E-state index contributed by atoms with van der Waals surface area (Å²) in [5.41, 5.74) is 5.82. The third-order valence-corrected chi connectivity index (χ3v) is 5.17. The van der Waals surface area contributed by atoms with E-state index in [2.05, 4.69) is 26.0 Å². The number of aliphatic hydroxyl groups excluding tert-OH is 1. The van der Waals surface area contributed by atoms with Crippen LogP contribution in [0.4, 0.5) is 0 Å². The highest BCUT2D eigenvalue weighted by Gasteiger charge is 2.27. The van der Waals surface area contributed by atoms with E-state index in [1.165, 1.54) is 41.5 Å². The zero-order valence-electron chi connectivity index (χ0n) is 13.6. The first-order valence-corrected chi connectivity index (χ1v) is 8.50. The lowest BCUT2D eigenvalue weighted by molar-refractivity contribution is -0.160. The molecule has 3 rings (SSSR count). The number of fused-ring (bicyclic) bond motifs is 1. The number of aryl methyl sites for hydroxylation is 1.